The fourth-order valence-corrected chi connectivity index (χ4v) is 3.69. The summed E-state index contributed by atoms with van der Waals surface area (Å²) in [6.07, 6.45) is 3.23. The number of aromatic nitrogens is 1. The average molecular weight is 370 g/mol. The molecule has 0 N–H and O–H groups in total. The summed E-state index contributed by atoms with van der Waals surface area (Å²) in [6, 6.07) is 10.3. The molecule has 1 saturated heterocycles. The van der Waals surface area contributed by atoms with Gasteiger partial charge in [0.1, 0.15) is 5.69 Å². The predicted octanol–water partition coefficient (Wildman–Crippen LogP) is 4.72. The zero-order valence-corrected chi connectivity index (χ0v) is 16.9. The fourth-order valence-electron chi connectivity index (χ4n) is 3.69. The van der Waals surface area contributed by atoms with Crippen molar-refractivity contribution in [3.05, 3.63) is 35.9 Å². The van der Waals surface area contributed by atoms with Crippen molar-refractivity contribution < 1.29 is 9.32 Å². The molecule has 0 bridgehead atoms. The van der Waals surface area contributed by atoms with Crippen LogP contribution in [0.4, 0.5) is 5.88 Å². The van der Waals surface area contributed by atoms with Gasteiger partial charge in [-0.3, -0.25) is 4.79 Å². The number of rotatable bonds is 6. The molecular formula is C22H31N3O2. The Balaban J connectivity index is 1.99. The van der Waals surface area contributed by atoms with Crippen LogP contribution in [-0.2, 0) is 11.3 Å². The minimum absolute atomic E-state index is 0.0859. The Hall–Kier alpha value is -2.30. The van der Waals surface area contributed by atoms with Crippen LogP contribution in [0.2, 0.25) is 0 Å². The summed E-state index contributed by atoms with van der Waals surface area (Å²) in [6.45, 7) is 10.6. The van der Waals surface area contributed by atoms with E-state index >= 15 is 0 Å². The van der Waals surface area contributed by atoms with E-state index in [2.05, 4.69) is 30.8 Å². The molecular weight excluding hydrogens is 338 g/mol. The molecule has 1 fully saturated rings. The lowest BCUT2D eigenvalue weighted by atomic mass is 9.98. The van der Waals surface area contributed by atoms with E-state index in [0.29, 0.717) is 6.54 Å². The smallest absolute Gasteiger partial charge is 0.232 e. The zero-order chi connectivity index (χ0) is 19.4. The van der Waals surface area contributed by atoms with Crippen molar-refractivity contribution >= 4 is 11.8 Å². The van der Waals surface area contributed by atoms with Crippen LogP contribution in [0.3, 0.4) is 0 Å². The van der Waals surface area contributed by atoms with Crippen molar-refractivity contribution in [2.24, 2.45) is 5.92 Å². The van der Waals surface area contributed by atoms with Crippen LogP contribution in [0.5, 0.6) is 0 Å². The first-order valence-corrected chi connectivity index (χ1v) is 10.1. The third-order valence-corrected chi connectivity index (χ3v) is 5.74. The average Bonchev–Trinajstić information content (AvgIpc) is 3.10. The lowest BCUT2D eigenvalue weighted by Crippen LogP contribution is -2.37. The van der Waals surface area contributed by atoms with Crippen LogP contribution in [0.25, 0.3) is 11.3 Å². The Bertz CT molecular complexity index is 748. The van der Waals surface area contributed by atoms with Crippen LogP contribution in [0.15, 0.2) is 34.9 Å². The molecule has 2 aromatic rings. The largest absolute Gasteiger partial charge is 0.340 e. The summed E-state index contributed by atoms with van der Waals surface area (Å²) in [5.41, 5.74) is 2.89. The van der Waals surface area contributed by atoms with Crippen LogP contribution < -0.4 is 4.90 Å². The van der Waals surface area contributed by atoms with Crippen LogP contribution in [-0.4, -0.2) is 35.1 Å². The molecule has 3 rings (SSSR count). The van der Waals surface area contributed by atoms with Crippen molar-refractivity contribution in [2.45, 2.75) is 59.5 Å². The quantitative estimate of drug-likeness (QED) is 0.739. The number of piperidine rings is 1. The lowest BCUT2D eigenvalue weighted by Gasteiger charge is -2.32. The Labute approximate surface area is 162 Å². The summed E-state index contributed by atoms with van der Waals surface area (Å²) in [5, 5.41) is 4.42. The standard InChI is InChI=1S/C22H31N3O2/c1-5-17(3)25(18(4)26)15-20-21(19-9-7-6-8-10-19)23-27-22(20)24-13-11-16(2)12-14-24/h6-10,16-17H,5,11-15H2,1-4H3/t17-/m0/s1. The van der Waals surface area contributed by atoms with E-state index in [0.717, 1.165) is 61.0 Å². The van der Waals surface area contributed by atoms with Crippen molar-refractivity contribution in [3.8, 4) is 11.3 Å². The van der Waals surface area contributed by atoms with Gasteiger partial charge in [0.25, 0.3) is 0 Å². The van der Waals surface area contributed by atoms with E-state index in [1.807, 2.05) is 35.2 Å². The monoisotopic (exact) mass is 369 g/mol. The van der Waals surface area contributed by atoms with E-state index in [9.17, 15) is 4.79 Å². The fraction of sp³-hybridized carbons (Fsp3) is 0.545. The minimum atomic E-state index is 0.0859. The van der Waals surface area contributed by atoms with Gasteiger partial charge in [-0.15, -0.1) is 0 Å². The van der Waals surface area contributed by atoms with E-state index in [1.54, 1.807) is 6.92 Å². The molecule has 5 heteroatoms. The second-order valence-corrected chi connectivity index (χ2v) is 7.75. The van der Waals surface area contributed by atoms with Crippen LogP contribution >= 0.6 is 0 Å². The molecule has 1 aliphatic heterocycles. The molecule has 0 radical (unpaired) electrons. The van der Waals surface area contributed by atoms with Gasteiger partial charge in [0.05, 0.1) is 12.1 Å². The molecule has 0 spiro atoms. The predicted molar refractivity (Wildman–Crippen MR) is 109 cm³/mol. The maximum atomic E-state index is 12.3. The highest BCUT2D eigenvalue weighted by Gasteiger charge is 2.28. The molecule has 0 unspecified atom stereocenters. The van der Waals surface area contributed by atoms with E-state index in [-0.39, 0.29) is 11.9 Å². The molecule has 2 heterocycles. The van der Waals surface area contributed by atoms with Gasteiger partial charge in [0.2, 0.25) is 11.8 Å². The molecule has 27 heavy (non-hydrogen) atoms. The molecule has 146 valence electrons. The molecule has 1 atom stereocenters. The highest BCUT2D eigenvalue weighted by molar-refractivity contribution is 5.75. The highest BCUT2D eigenvalue weighted by atomic mass is 16.5. The number of amides is 1. The number of carbonyl (C=O) groups is 1. The molecule has 1 aromatic heterocycles. The number of hydrogen-bond donors (Lipinski definition) is 0. The van der Waals surface area contributed by atoms with Gasteiger partial charge in [-0.1, -0.05) is 49.3 Å². The first-order valence-electron chi connectivity index (χ1n) is 10.1. The minimum Gasteiger partial charge on any atom is -0.340 e. The van der Waals surface area contributed by atoms with Crippen molar-refractivity contribution in [1.82, 2.24) is 10.1 Å². The molecule has 1 aliphatic rings. The molecule has 0 aliphatic carbocycles. The van der Waals surface area contributed by atoms with Gasteiger partial charge in [0, 0.05) is 31.6 Å². The zero-order valence-electron chi connectivity index (χ0n) is 16.9. The van der Waals surface area contributed by atoms with Gasteiger partial charge in [-0.2, -0.15) is 0 Å². The van der Waals surface area contributed by atoms with Crippen molar-refractivity contribution in [1.29, 1.82) is 0 Å². The van der Waals surface area contributed by atoms with Crippen LogP contribution in [0, 0.1) is 5.92 Å². The van der Waals surface area contributed by atoms with Gasteiger partial charge < -0.3 is 14.3 Å². The van der Waals surface area contributed by atoms with E-state index < -0.39 is 0 Å². The summed E-state index contributed by atoms with van der Waals surface area (Å²) in [7, 11) is 0. The Kier molecular flexibility index (Phi) is 6.19. The summed E-state index contributed by atoms with van der Waals surface area (Å²) in [4.78, 5) is 16.5. The van der Waals surface area contributed by atoms with Gasteiger partial charge >= 0.3 is 0 Å². The molecule has 1 amide bonds. The third-order valence-electron chi connectivity index (χ3n) is 5.74. The highest BCUT2D eigenvalue weighted by Crippen LogP contribution is 2.35. The first-order chi connectivity index (χ1) is 13.0. The Morgan fingerprint density at radius 2 is 1.96 bits per heavy atom. The first kappa shape index (κ1) is 19.5. The van der Waals surface area contributed by atoms with Crippen LogP contribution in [0.1, 0.15) is 52.5 Å². The van der Waals surface area contributed by atoms with E-state index in [4.69, 9.17) is 4.52 Å². The number of anilines is 1. The summed E-state index contributed by atoms with van der Waals surface area (Å²) in [5.74, 6) is 1.66. The number of nitrogens with zero attached hydrogens (tertiary/aromatic N) is 3. The topological polar surface area (TPSA) is 49.6 Å². The Morgan fingerprint density at radius 3 is 2.56 bits per heavy atom. The second-order valence-electron chi connectivity index (χ2n) is 7.75. The maximum absolute atomic E-state index is 12.3. The normalized spacial score (nSPS) is 16.4. The van der Waals surface area contributed by atoms with Gasteiger partial charge in [-0.05, 0) is 32.1 Å². The maximum Gasteiger partial charge on any atom is 0.232 e. The van der Waals surface area contributed by atoms with E-state index in [1.165, 1.54) is 0 Å². The number of carbonyl (C=O) groups excluding carboxylic acids is 1. The second kappa shape index (κ2) is 8.59. The van der Waals surface area contributed by atoms with Gasteiger partial charge in [-0.25, -0.2) is 0 Å². The van der Waals surface area contributed by atoms with Gasteiger partial charge in [0.15, 0.2) is 0 Å². The summed E-state index contributed by atoms with van der Waals surface area (Å²) >= 11 is 0. The van der Waals surface area contributed by atoms with Crippen molar-refractivity contribution in [2.75, 3.05) is 18.0 Å². The number of benzene rings is 1. The lowest BCUT2D eigenvalue weighted by molar-refractivity contribution is -0.131. The molecule has 5 nitrogen and oxygen atoms in total. The van der Waals surface area contributed by atoms with Crippen molar-refractivity contribution in [3.63, 3.8) is 0 Å². The summed E-state index contributed by atoms with van der Waals surface area (Å²) < 4.78 is 5.86. The third kappa shape index (κ3) is 4.34. The number of hydrogen-bond acceptors (Lipinski definition) is 4. The SMILES string of the molecule is CC[C@H](C)N(Cc1c(-c2ccccc2)noc1N1CCC(C)CC1)C(C)=O. The molecule has 1 aromatic carbocycles. The molecule has 0 saturated carbocycles. The Morgan fingerprint density at radius 1 is 1.30 bits per heavy atom.